The molecule has 1 fully saturated rings. The van der Waals surface area contributed by atoms with Crippen molar-refractivity contribution < 1.29 is 24.9 Å². The van der Waals surface area contributed by atoms with Crippen LogP contribution in [0.15, 0.2) is 36.4 Å². The standard InChI is InChI=1S/C15H18O5/c16-11(7-6-10-4-2-1-3-5-10)8-13-15(19)14(18)12(17)9-20-13/h1-7,12-15,17-19H,8-9H2/t12?,13?,14-,15-/m0/s1. The number of benzene rings is 1. The largest absolute Gasteiger partial charge is 0.388 e. The summed E-state index contributed by atoms with van der Waals surface area (Å²) in [7, 11) is 0. The van der Waals surface area contributed by atoms with Crippen LogP contribution in [0.3, 0.4) is 0 Å². The Hall–Kier alpha value is -1.53. The van der Waals surface area contributed by atoms with Gasteiger partial charge in [-0.3, -0.25) is 4.79 Å². The summed E-state index contributed by atoms with van der Waals surface area (Å²) in [6.45, 7) is -0.0847. The molecular formula is C15H18O5. The highest BCUT2D eigenvalue weighted by molar-refractivity contribution is 5.93. The fourth-order valence-corrected chi connectivity index (χ4v) is 2.07. The Bertz CT molecular complexity index is 470. The van der Waals surface area contributed by atoms with Crippen molar-refractivity contribution in [1.29, 1.82) is 0 Å². The van der Waals surface area contributed by atoms with E-state index in [0.29, 0.717) is 0 Å². The van der Waals surface area contributed by atoms with Crippen LogP contribution in [0.2, 0.25) is 0 Å². The van der Waals surface area contributed by atoms with Crippen LogP contribution in [-0.2, 0) is 9.53 Å². The Morgan fingerprint density at radius 2 is 1.90 bits per heavy atom. The van der Waals surface area contributed by atoms with Crippen LogP contribution >= 0.6 is 0 Å². The van der Waals surface area contributed by atoms with Gasteiger partial charge in [-0.05, 0) is 11.6 Å². The third-order valence-electron chi connectivity index (χ3n) is 3.27. The molecule has 3 N–H and O–H groups in total. The average Bonchev–Trinajstić information content (AvgIpc) is 2.47. The predicted molar refractivity (Wildman–Crippen MR) is 72.9 cm³/mol. The van der Waals surface area contributed by atoms with Crippen molar-refractivity contribution in [2.75, 3.05) is 6.61 Å². The van der Waals surface area contributed by atoms with Gasteiger partial charge in [-0.2, -0.15) is 0 Å². The Morgan fingerprint density at radius 1 is 1.20 bits per heavy atom. The SMILES string of the molecule is O=C(C=Cc1ccccc1)CC1OCC(O)[C@H](O)[C@H]1O. The first-order chi connectivity index (χ1) is 9.58. The molecule has 1 saturated heterocycles. The average molecular weight is 278 g/mol. The summed E-state index contributed by atoms with van der Waals surface area (Å²) >= 11 is 0. The summed E-state index contributed by atoms with van der Waals surface area (Å²) < 4.78 is 5.18. The van der Waals surface area contributed by atoms with Gasteiger partial charge in [0, 0.05) is 6.42 Å². The van der Waals surface area contributed by atoms with Gasteiger partial charge in [0.1, 0.15) is 18.3 Å². The number of ether oxygens (including phenoxy) is 1. The number of hydrogen-bond acceptors (Lipinski definition) is 5. The van der Waals surface area contributed by atoms with Crippen LogP contribution in [0.1, 0.15) is 12.0 Å². The molecule has 1 heterocycles. The first-order valence-corrected chi connectivity index (χ1v) is 6.49. The molecule has 0 saturated carbocycles. The van der Waals surface area contributed by atoms with Crippen LogP contribution < -0.4 is 0 Å². The fourth-order valence-electron chi connectivity index (χ4n) is 2.07. The topological polar surface area (TPSA) is 87.0 Å². The lowest BCUT2D eigenvalue weighted by Crippen LogP contribution is -2.53. The van der Waals surface area contributed by atoms with Gasteiger partial charge < -0.3 is 20.1 Å². The number of allylic oxidation sites excluding steroid dienone is 1. The predicted octanol–water partition coefficient (Wildman–Crippen LogP) is 0.141. The molecule has 0 aromatic heterocycles. The van der Waals surface area contributed by atoms with E-state index in [2.05, 4.69) is 0 Å². The molecule has 1 aliphatic heterocycles. The third kappa shape index (κ3) is 3.74. The van der Waals surface area contributed by atoms with Gasteiger partial charge in [-0.1, -0.05) is 36.4 Å². The Morgan fingerprint density at radius 3 is 2.60 bits per heavy atom. The van der Waals surface area contributed by atoms with E-state index in [4.69, 9.17) is 4.74 Å². The lowest BCUT2D eigenvalue weighted by atomic mass is 9.96. The monoisotopic (exact) mass is 278 g/mol. The number of carbonyl (C=O) groups excluding carboxylic acids is 1. The highest BCUT2D eigenvalue weighted by atomic mass is 16.5. The molecule has 1 aliphatic rings. The molecule has 2 unspecified atom stereocenters. The molecule has 108 valence electrons. The summed E-state index contributed by atoms with van der Waals surface area (Å²) in [6.07, 6.45) is -1.37. The molecule has 20 heavy (non-hydrogen) atoms. The smallest absolute Gasteiger partial charge is 0.158 e. The Kier molecular flexibility index (Phi) is 5.03. The number of carbonyl (C=O) groups is 1. The molecule has 1 aromatic rings. The maximum absolute atomic E-state index is 11.8. The lowest BCUT2D eigenvalue weighted by Gasteiger charge is -2.34. The number of aliphatic hydroxyl groups is 3. The van der Waals surface area contributed by atoms with Gasteiger partial charge in [0.05, 0.1) is 12.7 Å². The van der Waals surface area contributed by atoms with Crippen molar-refractivity contribution in [3.8, 4) is 0 Å². The van der Waals surface area contributed by atoms with Crippen molar-refractivity contribution in [2.24, 2.45) is 0 Å². The van der Waals surface area contributed by atoms with E-state index >= 15 is 0 Å². The van der Waals surface area contributed by atoms with Gasteiger partial charge in [0.2, 0.25) is 0 Å². The summed E-state index contributed by atoms with van der Waals surface area (Å²) in [5.74, 6) is -0.207. The summed E-state index contributed by atoms with van der Waals surface area (Å²) in [5, 5.41) is 28.6. The minimum atomic E-state index is -1.28. The molecule has 0 amide bonds. The third-order valence-corrected chi connectivity index (χ3v) is 3.27. The van der Waals surface area contributed by atoms with Crippen LogP contribution in [0.25, 0.3) is 6.08 Å². The minimum Gasteiger partial charge on any atom is -0.388 e. The Balaban J connectivity index is 1.90. The summed E-state index contributed by atoms with van der Waals surface area (Å²) in [5.41, 5.74) is 0.904. The molecule has 0 spiro atoms. The van der Waals surface area contributed by atoms with Crippen molar-refractivity contribution in [3.63, 3.8) is 0 Å². The molecule has 5 heteroatoms. The molecule has 0 radical (unpaired) electrons. The first-order valence-electron chi connectivity index (χ1n) is 6.49. The maximum Gasteiger partial charge on any atom is 0.158 e. The van der Waals surface area contributed by atoms with Crippen molar-refractivity contribution in [2.45, 2.75) is 30.8 Å². The van der Waals surface area contributed by atoms with Gasteiger partial charge in [0.25, 0.3) is 0 Å². The molecular weight excluding hydrogens is 260 g/mol. The zero-order valence-electron chi connectivity index (χ0n) is 10.9. The molecule has 4 atom stereocenters. The maximum atomic E-state index is 11.8. The number of rotatable bonds is 4. The van der Waals surface area contributed by atoms with E-state index in [1.165, 1.54) is 6.08 Å². The number of ketones is 1. The van der Waals surface area contributed by atoms with E-state index in [9.17, 15) is 20.1 Å². The van der Waals surface area contributed by atoms with Gasteiger partial charge in [-0.15, -0.1) is 0 Å². The Labute approximate surface area is 117 Å². The summed E-state index contributed by atoms with van der Waals surface area (Å²) in [4.78, 5) is 11.8. The van der Waals surface area contributed by atoms with E-state index in [-0.39, 0.29) is 18.8 Å². The van der Waals surface area contributed by atoms with E-state index in [0.717, 1.165) is 5.56 Å². The van der Waals surface area contributed by atoms with Crippen molar-refractivity contribution in [3.05, 3.63) is 42.0 Å². The van der Waals surface area contributed by atoms with E-state index in [1.54, 1.807) is 6.08 Å². The van der Waals surface area contributed by atoms with Crippen molar-refractivity contribution >= 4 is 11.9 Å². The normalized spacial score (nSPS) is 30.6. The zero-order valence-corrected chi connectivity index (χ0v) is 10.9. The van der Waals surface area contributed by atoms with Crippen LogP contribution in [0.4, 0.5) is 0 Å². The zero-order chi connectivity index (χ0) is 14.5. The second kappa shape index (κ2) is 6.76. The quantitative estimate of drug-likeness (QED) is 0.682. The molecule has 2 rings (SSSR count). The summed E-state index contributed by atoms with van der Waals surface area (Å²) in [6, 6.07) is 9.37. The van der Waals surface area contributed by atoms with Gasteiger partial charge in [-0.25, -0.2) is 0 Å². The lowest BCUT2D eigenvalue weighted by molar-refractivity contribution is -0.188. The fraction of sp³-hybridized carbons (Fsp3) is 0.400. The highest BCUT2D eigenvalue weighted by Crippen LogP contribution is 2.18. The van der Waals surface area contributed by atoms with E-state index < -0.39 is 24.4 Å². The van der Waals surface area contributed by atoms with Gasteiger partial charge in [0.15, 0.2) is 5.78 Å². The molecule has 1 aromatic carbocycles. The number of hydrogen-bond donors (Lipinski definition) is 3. The minimum absolute atomic E-state index is 0.0335. The number of aliphatic hydroxyl groups excluding tert-OH is 3. The molecule has 5 nitrogen and oxygen atoms in total. The van der Waals surface area contributed by atoms with Crippen LogP contribution in [0.5, 0.6) is 0 Å². The second-order valence-electron chi connectivity index (χ2n) is 4.83. The molecule has 0 bridgehead atoms. The van der Waals surface area contributed by atoms with Crippen LogP contribution in [0, 0.1) is 0 Å². The van der Waals surface area contributed by atoms with Crippen LogP contribution in [-0.4, -0.2) is 52.1 Å². The first kappa shape index (κ1) is 14.9. The molecule has 0 aliphatic carbocycles. The second-order valence-corrected chi connectivity index (χ2v) is 4.83. The van der Waals surface area contributed by atoms with E-state index in [1.807, 2.05) is 30.3 Å². The highest BCUT2D eigenvalue weighted by Gasteiger charge is 2.37. The van der Waals surface area contributed by atoms with Gasteiger partial charge >= 0.3 is 0 Å². The van der Waals surface area contributed by atoms with Crippen molar-refractivity contribution in [1.82, 2.24) is 0 Å².